The normalized spacial score (nSPS) is 14.7. The predicted octanol–water partition coefficient (Wildman–Crippen LogP) is 2.59. The lowest BCUT2D eigenvalue weighted by Crippen LogP contribution is -2.45. The molecule has 20 heavy (non-hydrogen) atoms. The van der Waals surface area contributed by atoms with Crippen LogP contribution in [-0.2, 0) is 14.3 Å². The van der Waals surface area contributed by atoms with E-state index >= 15 is 0 Å². The number of unbranched alkanes of at least 4 members (excludes halogenated alkanes) is 1. The van der Waals surface area contributed by atoms with E-state index in [9.17, 15) is 9.59 Å². The Morgan fingerprint density at radius 2 is 1.90 bits per heavy atom. The Morgan fingerprint density at radius 3 is 2.35 bits per heavy atom. The zero-order valence-electron chi connectivity index (χ0n) is 13.4. The van der Waals surface area contributed by atoms with Gasteiger partial charge in [-0.25, -0.2) is 4.79 Å². The maximum Gasteiger partial charge on any atom is 0.326 e. The van der Waals surface area contributed by atoms with Gasteiger partial charge in [-0.1, -0.05) is 34.1 Å². The molecule has 0 bridgehead atoms. The van der Waals surface area contributed by atoms with E-state index < -0.39 is 18.1 Å². The van der Waals surface area contributed by atoms with Crippen molar-refractivity contribution in [1.82, 2.24) is 5.32 Å². The van der Waals surface area contributed by atoms with Crippen LogP contribution in [0.25, 0.3) is 0 Å². The summed E-state index contributed by atoms with van der Waals surface area (Å²) in [5.41, 5.74) is 0.0433. The van der Waals surface area contributed by atoms with E-state index in [0.29, 0.717) is 13.0 Å². The molecule has 0 aromatic rings. The van der Waals surface area contributed by atoms with Crippen molar-refractivity contribution in [2.45, 2.75) is 72.4 Å². The van der Waals surface area contributed by atoms with Gasteiger partial charge in [0.15, 0.2) is 0 Å². The number of carbonyl (C=O) groups excluding carboxylic acids is 1. The van der Waals surface area contributed by atoms with E-state index in [2.05, 4.69) is 5.32 Å². The molecule has 0 saturated heterocycles. The molecule has 0 aromatic carbocycles. The summed E-state index contributed by atoms with van der Waals surface area (Å²) in [7, 11) is 0. The summed E-state index contributed by atoms with van der Waals surface area (Å²) < 4.78 is 5.37. The highest BCUT2D eigenvalue weighted by Gasteiger charge is 2.25. The number of amides is 1. The Morgan fingerprint density at radius 1 is 1.30 bits per heavy atom. The first-order valence-corrected chi connectivity index (χ1v) is 7.32. The lowest BCUT2D eigenvalue weighted by atomic mass is 9.88. The predicted molar refractivity (Wildman–Crippen MR) is 78.6 cm³/mol. The van der Waals surface area contributed by atoms with E-state index in [1.54, 1.807) is 6.92 Å². The fraction of sp³-hybridized carbons (Fsp3) is 0.867. The number of rotatable bonds is 9. The van der Waals surface area contributed by atoms with Crippen LogP contribution < -0.4 is 5.32 Å². The summed E-state index contributed by atoms with van der Waals surface area (Å²) >= 11 is 0. The smallest absolute Gasteiger partial charge is 0.326 e. The van der Waals surface area contributed by atoms with Crippen LogP contribution in [-0.4, -0.2) is 35.7 Å². The van der Waals surface area contributed by atoms with Crippen LogP contribution in [0.3, 0.4) is 0 Å². The van der Waals surface area contributed by atoms with Crippen LogP contribution in [0.5, 0.6) is 0 Å². The van der Waals surface area contributed by atoms with E-state index in [1.807, 2.05) is 27.7 Å². The third-order valence-corrected chi connectivity index (χ3v) is 3.03. The molecule has 0 saturated carbocycles. The fourth-order valence-corrected chi connectivity index (χ4v) is 1.60. The first-order valence-electron chi connectivity index (χ1n) is 7.32. The van der Waals surface area contributed by atoms with Crippen LogP contribution in [0.2, 0.25) is 0 Å². The molecule has 0 fully saturated rings. The van der Waals surface area contributed by atoms with Gasteiger partial charge in [0.2, 0.25) is 5.91 Å². The second-order valence-electron chi connectivity index (χ2n) is 6.37. The Labute approximate surface area is 122 Å². The topological polar surface area (TPSA) is 75.6 Å². The van der Waals surface area contributed by atoms with Crippen molar-refractivity contribution < 1.29 is 19.4 Å². The lowest BCUT2D eigenvalue weighted by molar-refractivity contribution is -0.144. The number of carboxylic acids is 1. The third-order valence-electron chi connectivity index (χ3n) is 3.03. The van der Waals surface area contributed by atoms with Gasteiger partial charge in [0.25, 0.3) is 0 Å². The largest absolute Gasteiger partial charge is 0.480 e. The Hall–Kier alpha value is -1.10. The van der Waals surface area contributed by atoms with E-state index in [4.69, 9.17) is 9.84 Å². The summed E-state index contributed by atoms with van der Waals surface area (Å²) in [5, 5.41) is 11.7. The van der Waals surface area contributed by atoms with Gasteiger partial charge < -0.3 is 15.2 Å². The molecular weight excluding hydrogens is 258 g/mol. The van der Waals surface area contributed by atoms with Crippen LogP contribution in [0.4, 0.5) is 0 Å². The summed E-state index contributed by atoms with van der Waals surface area (Å²) in [6, 6.07) is -0.848. The van der Waals surface area contributed by atoms with Crippen molar-refractivity contribution in [2.75, 3.05) is 6.61 Å². The molecule has 0 aliphatic heterocycles. The zero-order chi connectivity index (χ0) is 15.8. The van der Waals surface area contributed by atoms with Gasteiger partial charge in [0.05, 0.1) is 0 Å². The molecule has 5 nitrogen and oxygen atoms in total. The van der Waals surface area contributed by atoms with Crippen LogP contribution in [0, 0.1) is 5.41 Å². The maximum atomic E-state index is 11.9. The van der Waals surface area contributed by atoms with E-state index in [1.165, 1.54) is 0 Å². The monoisotopic (exact) mass is 287 g/mol. The van der Waals surface area contributed by atoms with Gasteiger partial charge in [-0.05, 0) is 31.6 Å². The van der Waals surface area contributed by atoms with Gasteiger partial charge in [-0.2, -0.15) is 0 Å². The van der Waals surface area contributed by atoms with Gasteiger partial charge >= 0.3 is 5.97 Å². The first-order chi connectivity index (χ1) is 9.17. The fourth-order valence-electron chi connectivity index (χ4n) is 1.60. The molecular formula is C15H29NO4. The summed E-state index contributed by atoms with van der Waals surface area (Å²) in [6.07, 6.45) is 2.43. The molecule has 0 rings (SSSR count). The minimum absolute atomic E-state index is 0.0433. The Bertz CT molecular complexity index is 309. The quantitative estimate of drug-likeness (QED) is 0.639. The van der Waals surface area contributed by atoms with Gasteiger partial charge in [0.1, 0.15) is 12.1 Å². The molecule has 0 spiro atoms. The van der Waals surface area contributed by atoms with Crippen LogP contribution in [0.1, 0.15) is 60.3 Å². The molecule has 0 heterocycles. The van der Waals surface area contributed by atoms with Crippen LogP contribution in [0.15, 0.2) is 0 Å². The number of ether oxygens (including phenoxy) is 1. The molecule has 2 N–H and O–H groups in total. The van der Waals surface area contributed by atoms with Crippen molar-refractivity contribution in [2.24, 2.45) is 5.41 Å². The zero-order valence-corrected chi connectivity index (χ0v) is 13.4. The molecule has 1 amide bonds. The minimum Gasteiger partial charge on any atom is -0.480 e. The summed E-state index contributed by atoms with van der Waals surface area (Å²) in [4.78, 5) is 23.1. The molecule has 0 aliphatic carbocycles. The van der Waals surface area contributed by atoms with Crippen molar-refractivity contribution >= 4 is 11.9 Å². The van der Waals surface area contributed by atoms with E-state index in [0.717, 1.165) is 19.3 Å². The first kappa shape index (κ1) is 18.9. The van der Waals surface area contributed by atoms with Crippen molar-refractivity contribution in [3.63, 3.8) is 0 Å². The van der Waals surface area contributed by atoms with Crippen molar-refractivity contribution in [3.8, 4) is 0 Å². The standard InChI is InChI=1S/C15H29NO4/c1-6-7-10-20-11(2)13(17)16-12(14(18)19)8-9-15(3,4)5/h11-12H,6-10H2,1-5H3,(H,16,17)(H,18,19). The summed E-state index contributed by atoms with van der Waals surface area (Å²) in [5.74, 6) is -1.36. The maximum absolute atomic E-state index is 11.9. The van der Waals surface area contributed by atoms with E-state index in [-0.39, 0.29) is 11.3 Å². The second-order valence-corrected chi connectivity index (χ2v) is 6.37. The van der Waals surface area contributed by atoms with Gasteiger partial charge in [0, 0.05) is 6.61 Å². The third kappa shape index (κ3) is 8.91. The lowest BCUT2D eigenvalue weighted by Gasteiger charge is -2.22. The van der Waals surface area contributed by atoms with Crippen molar-refractivity contribution in [1.29, 1.82) is 0 Å². The highest BCUT2D eigenvalue weighted by atomic mass is 16.5. The summed E-state index contributed by atoms with van der Waals surface area (Å²) in [6.45, 7) is 10.3. The number of carboxylic acid groups (broad SMARTS) is 1. The average molecular weight is 287 g/mol. The number of hydrogen-bond donors (Lipinski definition) is 2. The number of nitrogens with one attached hydrogen (secondary N) is 1. The molecule has 0 aromatic heterocycles. The molecule has 118 valence electrons. The molecule has 2 atom stereocenters. The SMILES string of the molecule is CCCCOC(C)C(=O)NC(CCC(C)(C)C)C(=O)O. The highest BCUT2D eigenvalue weighted by molar-refractivity contribution is 5.86. The van der Waals surface area contributed by atoms with Gasteiger partial charge in [-0.15, -0.1) is 0 Å². The molecule has 0 aliphatic rings. The molecule has 2 unspecified atom stereocenters. The van der Waals surface area contributed by atoms with Crippen molar-refractivity contribution in [3.05, 3.63) is 0 Å². The molecule has 5 heteroatoms. The van der Waals surface area contributed by atoms with Gasteiger partial charge in [-0.3, -0.25) is 4.79 Å². The Kier molecular flexibility index (Phi) is 8.46. The van der Waals surface area contributed by atoms with Crippen LogP contribution >= 0.6 is 0 Å². The highest BCUT2D eigenvalue weighted by Crippen LogP contribution is 2.21. The average Bonchev–Trinajstić information content (AvgIpc) is 2.32. The minimum atomic E-state index is -0.997. The number of hydrogen-bond acceptors (Lipinski definition) is 3. The molecule has 0 radical (unpaired) electrons. The second kappa shape index (κ2) is 8.95. The number of aliphatic carboxylic acids is 1. The Balaban J connectivity index is 4.30. The number of carbonyl (C=O) groups is 2.